The summed E-state index contributed by atoms with van der Waals surface area (Å²) in [5.74, 6) is -1.34. The topological polar surface area (TPSA) is 86.7 Å². The van der Waals surface area contributed by atoms with Gasteiger partial charge in [-0.1, -0.05) is 76.8 Å². The van der Waals surface area contributed by atoms with E-state index < -0.39 is 5.97 Å². The fourth-order valence-electron chi connectivity index (χ4n) is 4.89. The number of hydrogen-bond donors (Lipinski definition) is 2. The molecule has 2 aromatic rings. The molecule has 0 spiro atoms. The number of carboxylic acids is 1. The summed E-state index contributed by atoms with van der Waals surface area (Å²) in [6, 6.07) is 9.43. The van der Waals surface area contributed by atoms with Crippen molar-refractivity contribution in [3.63, 3.8) is 0 Å². The van der Waals surface area contributed by atoms with Crippen molar-refractivity contribution >= 4 is 34.2 Å². The second-order valence-corrected chi connectivity index (χ2v) is 9.61. The van der Waals surface area contributed by atoms with Gasteiger partial charge in [0.25, 0.3) is 11.8 Å². The van der Waals surface area contributed by atoms with E-state index in [2.05, 4.69) is 12.2 Å². The largest absolute Gasteiger partial charge is 0.481 e. The van der Waals surface area contributed by atoms with E-state index in [0.29, 0.717) is 36.9 Å². The number of aliphatic carboxylic acids is 1. The minimum Gasteiger partial charge on any atom is -0.481 e. The standard InChI is InChI=1S/C29H40N2O4/c1-2-3-4-5-6-7-8-9-12-20-30-25-19-18-24-27-22(25)15-14-16-23(27)28(34)31(29(24)35)21-13-10-11-17-26(32)33/h14-16,18-19,30H,2-13,17,20-21H2,1H3,(H,32,33). The molecule has 6 heteroatoms. The Bertz CT molecular complexity index is 995. The molecule has 2 N–H and O–H groups in total. The number of carbonyl (C=O) groups excluding carboxylic acids is 2. The predicted molar refractivity (Wildman–Crippen MR) is 141 cm³/mol. The van der Waals surface area contributed by atoms with Crippen molar-refractivity contribution in [1.29, 1.82) is 0 Å². The molecule has 6 nitrogen and oxygen atoms in total. The van der Waals surface area contributed by atoms with Gasteiger partial charge in [-0.2, -0.15) is 0 Å². The molecule has 0 aliphatic carbocycles. The minimum atomic E-state index is -0.821. The van der Waals surface area contributed by atoms with Crippen LogP contribution in [0.25, 0.3) is 10.8 Å². The zero-order chi connectivity index (χ0) is 25.0. The summed E-state index contributed by atoms with van der Waals surface area (Å²) in [6.45, 7) is 3.43. The van der Waals surface area contributed by atoms with Crippen LogP contribution in [0, 0.1) is 0 Å². The van der Waals surface area contributed by atoms with Gasteiger partial charge in [0, 0.05) is 47.1 Å². The Balaban J connectivity index is 1.55. The van der Waals surface area contributed by atoms with E-state index in [1.165, 1.54) is 56.3 Å². The molecule has 0 bridgehead atoms. The van der Waals surface area contributed by atoms with Crippen LogP contribution in [0.15, 0.2) is 30.3 Å². The summed E-state index contributed by atoms with van der Waals surface area (Å²) in [5.41, 5.74) is 2.09. The van der Waals surface area contributed by atoms with Crippen LogP contribution >= 0.6 is 0 Å². The van der Waals surface area contributed by atoms with E-state index in [0.717, 1.165) is 29.4 Å². The molecule has 0 radical (unpaired) electrons. The highest BCUT2D eigenvalue weighted by Crippen LogP contribution is 2.34. The Morgan fingerprint density at radius 3 is 2.11 bits per heavy atom. The molecule has 0 saturated heterocycles. The van der Waals surface area contributed by atoms with E-state index >= 15 is 0 Å². The molecule has 3 rings (SSSR count). The number of carbonyl (C=O) groups is 3. The highest BCUT2D eigenvalue weighted by Gasteiger charge is 2.32. The molecule has 35 heavy (non-hydrogen) atoms. The lowest BCUT2D eigenvalue weighted by molar-refractivity contribution is -0.137. The molecule has 1 aliphatic heterocycles. The maximum atomic E-state index is 13.1. The molecule has 0 atom stereocenters. The van der Waals surface area contributed by atoms with E-state index in [1.54, 1.807) is 6.07 Å². The number of amides is 2. The fraction of sp³-hybridized carbons (Fsp3) is 0.552. The predicted octanol–water partition coefficient (Wildman–Crippen LogP) is 7.02. The normalized spacial score (nSPS) is 13.0. The summed E-state index contributed by atoms with van der Waals surface area (Å²) >= 11 is 0. The number of anilines is 1. The number of imide groups is 1. The Kier molecular flexibility index (Phi) is 10.6. The first-order valence-corrected chi connectivity index (χ1v) is 13.4. The van der Waals surface area contributed by atoms with Gasteiger partial charge in [0.05, 0.1) is 0 Å². The minimum absolute atomic E-state index is 0.110. The third-order valence-corrected chi connectivity index (χ3v) is 6.86. The zero-order valence-electron chi connectivity index (χ0n) is 21.1. The van der Waals surface area contributed by atoms with Crippen LogP contribution in [0.3, 0.4) is 0 Å². The lowest BCUT2D eigenvalue weighted by Crippen LogP contribution is -2.40. The molecule has 2 amide bonds. The van der Waals surface area contributed by atoms with Gasteiger partial charge < -0.3 is 10.4 Å². The molecular formula is C29H40N2O4. The summed E-state index contributed by atoms with van der Waals surface area (Å²) in [4.78, 5) is 38.3. The van der Waals surface area contributed by atoms with Crippen molar-refractivity contribution in [2.24, 2.45) is 0 Å². The molecule has 2 aromatic carbocycles. The second-order valence-electron chi connectivity index (χ2n) is 9.61. The Morgan fingerprint density at radius 1 is 0.800 bits per heavy atom. The number of nitrogens with one attached hydrogen (secondary N) is 1. The lowest BCUT2D eigenvalue weighted by Gasteiger charge is -2.28. The SMILES string of the molecule is CCCCCCCCCCCNc1ccc2c3c(cccc13)C(=O)N(CCCCCC(=O)O)C2=O. The van der Waals surface area contributed by atoms with E-state index in [4.69, 9.17) is 5.11 Å². The quantitative estimate of drug-likeness (QED) is 0.188. The highest BCUT2D eigenvalue weighted by molar-refractivity contribution is 6.26. The lowest BCUT2D eigenvalue weighted by atomic mass is 9.92. The van der Waals surface area contributed by atoms with Crippen molar-refractivity contribution in [1.82, 2.24) is 4.90 Å². The molecule has 0 saturated carbocycles. The van der Waals surface area contributed by atoms with Gasteiger partial charge in [0.2, 0.25) is 0 Å². The molecule has 0 aromatic heterocycles. The maximum Gasteiger partial charge on any atom is 0.303 e. The van der Waals surface area contributed by atoms with E-state index in [1.807, 2.05) is 24.3 Å². The van der Waals surface area contributed by atoms with Gasteiger partial charge in [0.15, 0.2) is 0 Å². The van der Waals surface area contributed by atoms with Crippen LogP contribution in [-0.2, 0) is 4.79 Å². The number of unbranched alkanes of at least 4 members (excludes halogenated alkanes) is 10. The van der Waals surface area contributed by atoms with Gasteiger partial charge in [-0.15, -0.1) is 0 Å². The van der Waals surface area contributed by atoms with Crippen molar-refractivity contribution in [3.05, 3.63) is 41.5 Å². The molecule has 1 heterocycles. The maximum absolute atomic E-state index is 13.1. The number of benzene rings is 2. The Labute approximate surface area is 209 Å². The fourth-order valence-corrected chi connectivity index (χ4v) is 4.89. The van der Waals surface area contributed by atoms with Crippen LogP contribution in [-0.4, -0.2) is 40.9 Å². The van der Waals surface area contributed by atoms with Gasteiger partial charge >= 0.3 is 5.97 Å². The zero-order valence-corrected chi connectivity index (χ0v) is 21.1. The average Bonchev–Trinajstić information content (AvgIpc) is 2.85. The molecule has 190 valence electrons. The van der Waals surface area contributed by atoms with Gasteiger partial charge in [-0.25, -0.2) is 0 Å². The second kappa shape index (κ2) is 13.9. The van der Waals surface area contributed by atoms with E-state index in [9.17, 15) is 14.4 Å². The van der Waals surface area contributed by atoms with Crippen LogP contribution < -0.4 is 5.32 Å². The molecular weight excluding hydrogens is 440 g/mol. The number of nitrogens with zero attached hydrogens (tertiary/aromatic N) is 1. The third-order valence-electron chi connectivity index (χ3n) is 6.86. The molecule has 0 unspecified atom stereocenters. The number of hydrogen-bond acceptors (Lipinski definition) is 4. The van der Waals surface area contributed by atoms with Crippen molar-refractivity contribution in [2.75, 3.05) is 18.4 Å². The van der Waals surface area contributed by atoms with Crippen molar-refractivity contribution < 1.29 is 19.5 Å². The van der Waals surface area contributed by atoms with Crippen LogP contribution in [0.4, 0.5) is 5.69 Å². The average molecular weight is 481 g/mol. The monoisotopic (exact) mass is 480 g/mol. The molecule has 0 fully saturated rings. The molecule has 1 aliphatic rings. The number of rotatable bonds is 17. The number of carboxylic acid groups (broad SMARTS) is 1. The first kappa shape index (κ1) is 26.7. The van der Waals surface area contributed by atoms with Crippen molar-refractivity contribution in [3.8, 4) is 0 Å². The van der Waals surface area contributed by atoms with Gasteiger partial charge in [-0.3, -0.25) is 19.3 Å². The first-order chi connectivity index (χ1) is 17.0. The summed E-state index contributed by atoms with van der Waals surface area (Å²) < 4.78 is 0. The Morgan fingerprint density at radius 2 is 1.43 bits per heavy atom. The first-order valence-electron chi connectivity index (χ1n) is 13.4. The summed E-state index contributed by atoms with van der Waals surface area (Å²) in [7, 11) is 0. The van der Waals surface area contributed by atoms with Crippen LogP contribution in [0.2, 0.25) is 0 Å². The Hall–Kier alpha value is -2.89. The van der Waals surface area contributed by atoms with Gasteiger partial charge in [0.1, 0.15) is 0 Å². The van der Waals surface area contributed by atoms with Crippen molar-refractivity contribution in [2.45, 2.75) is 90.4 Å². The van der Waals surface area contributed by atoms with E-state index in [-0.39, 0.29) is 18.2 Å². The summed E-state index contributed by atoms with van der Waals surface area (Å²) in [6.07, 6.45) is 13.5. The third kappa shape index (κ3) is 7.30. The highest BCUT2D eigenvalue weighted by atomic mass is 16.4. The smallest absolute Gasteiger partial charge is 0.303 e. The van der Waals surface area contributed by atoms with Gasteiger partial charge in [-0.05, 0) is 37.5 Å². The van der Waals surface area contributed by atoms with Crippen LogP contribution in [0.5, 0.6) is 0 Å². The van der Waals surface area contributed by atoms with Crippen LogP contribution in [0.1, 0.15) is 111 Å². The summed E-state index contributed by atoms with van der Waals surface area (Å²) in [5, 5.41) is 14.0.